The zero-order chi connectivity index (χ0) is 16.0. The quantitative estimate of drug-likeness (QED) is 0.832. The van der Waals surface area contributed by atoms with E-state index in [0.717, 1.165) is 16.9 Å². The van der Waals surface area contributed by atoms with Crippen molar-refractivity contribution in [2.45, 2.75) is 18.7 Å². The van der Waals surface area contributed by atoms with Crippen molar-refractivity contribution in [2.24, 2.45) is 5.92 Å². The Hall–Kier alpha value is -2.40. The molecule has 1 fully saturated rings. The molecule has 4 nitrogen and oxygen atoms in total. The van der Waals surface area contributed by atoms with E-state index in [-0.39, 0.29) is 11.8 Å². The van der Waals surface area contributed by atoms with Gasteiger partial charge in [-0.15, -0.1) is 0 Å². The first-order valence-corrected chi connectivity index (χ1v) is 7.95. The van der Waals surface area contributed by atoms with Gasteiger partial charge < -0.3 is 15.4 Å². The third-order valence-electron chi connectivity index (χ3n) is 4.52. The highest BCUT2D eigenvalue weighted by molar-refractivity contribution is 7.80. The highest BCUT2D eigenvalue weighted by atomic mass is 32.1. The lowest BCUT2D eigenvalue weighted by Crippen LogP contribution is -2.68. The van der Waals surface area contributed by atoms with Crippen LogP contribution in [-0.4, -0.2) is 10.9 Å². The normalized spacial score (nSPS) is 28.0. The number of nitrogens with one attached hydrogen (secondary N) is 2. The zero-order valence-corrected chi connectivity index (χ0v) is 13.4. The molecule has 2 aliphatic heterocycles. The van der Waals surface area contributed by atoms with Crippen molar-refractivity contribution >= 4 is 23.1 Å². The van der Waals surface area contributed by atoms with Crippen molar-refractivity contribution in [2.75, 3.05) is 0 Å². The number of benzene rings is 2. The molecule has 2 heterocycles. The molecule has 23 heavy (non-hydrogen) atoms. The van der Waals surface area contributed by atoms with Crippen LogP contribution in [0.5, 0.6) is 5.75 Å². The number of ketones is 1. The monoisotopic (exact) mass is 324 g/mol. The summed E-state index contributed by atoms with van der Waals surface area (Å²) in [4.78, 5) is 12.5. The Morgan fingerprint density at radius 3 is 2.57 bits per heavy atom. The second-order valence-electron chi connectivity index (χ2n) is 5.91. The Balaban J connectivity index is 1.98. The molecule has 2 aliphatic rings. The standard InChI is InChI=1S/C18H16N2O2S/c1-11(21)15-16-13-9-5-6-10-14(13)22-18(15,20-17(23)19-16)12-7-3-2-4-8-12/h2-10,15-16H,1H3,(H2,19,20,23)/t15-,16+,18+/m1/s1. The van der Waals surface area contributed by atoms with E-state index in [2.05, 4.69) is 10.6 Å². The number of ether oxygens (including phenoxy) is 1. The van der Waals surface area contributed by atoms with E-state index in [1.54, 1.807) is 6.92 Å². The van der Waals surface area contributed by atoms with E-state index >= 15 is 0 Å². The van der Waals surface area contributed by atoms with E-state index in [1.807, 2.05) is 54.6 Å². The number of carbonyl (C=O) groups excluding carboxylic acids is 1. The SMILES string of the molecule is CC(=O)[C@@H]1[C@H]2NC(=S)N[C@@]1(c1ccccc1)Oc1ccccc12. The van der Waals surface area contributed by atoms with Gasteiger partial charge in [-0.1, -0.05) is 48.5 Å². The Kier molecular flexibility index (Phi) is 3.13. The van der Waals surface area contributed by atoms with Gasteiger partial charge in [0.1, 0.15) is 17.5 Å². The Morgan fingerprint density at radius 2 is 1.83 bits per heavy atom. The second kappa shape index (κ2) is 5.06. The molecular weight excluding hydrogens is 308 g/mol. The third-order valence-corrected chi connectivity index (χ3v) is 4.74. The van der Waals surface area contributed by atoms with Gasteiger partial charge in [0.25, 0.3) is 0 Å². The van der Waals surface area contributed by atoms with Crippen LogP contribution < -0.4 is 15.4 Å². The average molecular weight is 324 g/mol. The number of Topliss-reactive ketones (excluding diaryl/α,β-unsaturated/α-hetero) is 1. The summed E-state index contributed by atoms with van der Waals surface area (Å²) >= 11 is 5.39. The summed E-state index contributed by atoms with van der Waals surface area (Å²) in [6.45, 7) is 1.60. The molecule has 0 unspecified atom stereocenters. The summed E-state index contributed by atoms with van der Waals surface area (Å²) < 4.78 is 6.36. The molecule has 3 atom stereocenters. The summed E-state index contributed by atoms with van der Waals surface area (Å²) in [6, 6.07) is 17.3. The first kappa shape index (κ1) is 14.2. The number of hydrogen-bond acceptors (Lipinski definition) is 3. The van der Waals surface area contributed by atoms with Crippen LogP contribution >= 0.6 is 12.2 Å². The van der Waals surface area contributed by atoms with Gasteiger partial charge in [-0.05, 0) is 25.2 Å². The molecule has 4 rings (SSSR count). The first-order valence-electron chi connectivity index (χ1n) is 7.54. The highest BCUT2D eigenvalue weighted by Gasteiger charge is 2.57. The van der Waals surface area contributed by atoms with Gasteiger partial charge in [0, 0.05) is 11.1 Å². The van der Waals surface area contributed by atoms with Gasteiger partial charge in [0.05, 0.1) is 6.04 Å². The molecule has 0 aliphatic carbocycles. The molecule has 5 heteroatoms. The fraction of sp³-hybridized carbons (Fsp3) is 0.222. The largest absolute Gasteiger partial charge is 0.463 e. The van der Waals surface area contributed by atoms with Crippen molar-refractivity contribution in [3.63, 3.8) is 0 Å². The van der Waals surface area contributed by atoms with Crippen LogP contribution in [0.15, 0.2) is 54.6 Å². The third kappa shape index (κ3) is 2.04. The summed E-state index contributed by atoms with van der Waals surface area (Å²) in [5.41, 5.74) is 0.876. The molecule has 0 aromatic heterocycles. The number of para-hydroxylation sites is 1. The smallest absolute Gasteiger partial charge is 0.220 e. The minimum Gasteiger partial charge on any atom is -0.463 e. The van der Waals surface area contributed by atoms with Crippen LogP contribution in [0, 0.1) is 5.92 Å². The summed E-state index contributed by atoms with van der Waals surface area (Å²) in [5, 5.41) is 6.97. The minimum atomic E-state index is -0.978. The van der Waals surface area contributed by atoms with E-state index in [1.165, 1.54) is 0 Å². The molecule has 0 amide bonds. The van der Waals surface area contributed by atoms with Gasteiger partial charge in [-0.25, -0.2) is 0 Å². The topological polar surface area (TPSA) is 50.4 Å². The van der Waals surface area contributed by atoms with Crippen LogP contribution in [0.3, 0.4) is 0 Å². The number of rotatable bonds is 2. The number of fused-ring (bicyclic) bond motifs is 4. The van der Waals surface area contributed by atoms with E-state index in [0.29, 0.717) is 5.11 Å². The van der Waals surface area contributed by atoms with E-state index in [4.69, 9.17) is 17.0 Å². The van der Waals surface area contributed by atoms with Gasteiger partial charge in [0.2, 0.25) is 5.72 Å². The maximum Gasteiger partial charge on any atom is 0.220 e. The predicted octanol–water partition coefficient (Wildman–Crippen LogP) is 2.66. The van der Waals surface area contributed by atoms with Crippen molar-refractivity contribution in [1.82, 2.24) is 10.6 Å². The lowest BCUT2D eigenvalue weighted by molar-refractivity contribution is -0.136. The fourth-order valence-corrected chi connectivity index (χ4v) is 3.89. The Labute approximate surface area is 139 Å². The molecule has 2 aromatic rings. The van der Waals surface area contributed by atoms with Crippen molar-refractivity contribution in [3.05, 3.63) is 65.7 Å². The number of carbonyl (C=O) groups is 1. The van der Waals surface area contributed by atoms with Crippen molar-refractivity contribution < 1.29 is 9.53 Å². The molecule has 2 N–H and O–H groups in total. The molecule has 1 saturated heterocycles. The van der Waals surface area contributed by atoms with E-state index < -0.39 is 11.6 Å². The minimum absolute atomic E-state index is 0.0517. The number of thiocarbonyl (C=S) groups is 1. The van der Waals surface area contributed by atoms with Gasteiger partial charge in [-0.2, -0.15) is 0 Å². The molecule has 0 spiro atoms. The predicted molar refractivity (Wildman–Crippen MR) is 91.0 cm³/mol. The first-order chi connectivity index (χ1) is 11.1. The average Bonchev–Trinajstić information content (AvgIpc) is 2.54. The Bertz CT molecular complexity index is 793. The highest BCUT2D eigenvalue weighted by Crippen LogP contribution is 2.49. The summed E-state index contributed by atoms with van der Waals surface area (Å²) in [7, 11) is 0. The van der Waals surface area contributed by atoms with Crippen LogP contribution in [0.2, 0.25) is 0 Å². The maximum atomic E-state index is 12.5. The van der Waals surface area contributed by atoms with E-state index in [9.17, 15) is 4.79 Å². The molecule has 2 aromatic carbocycles. The van der Waals surface area contributed by atoms with Crippen LogP contribution in [-0.2, 0) is 10.5 Å². The maximum absolute atomic E-state index is 12.5. The Morgan fingerprint density at radius 1 is 1.13 bits per heavy atom. The molecule has 2 bridgehead atoms. The second-order valence-corrected chi connectivity index (χ2v) is 6.31. The molecule has 116 valence electrons. The molecular formula is C18H16N2O2S. The van der Waals surface area contributed by atoms with Gasteiger partial charge in [-0.3, -0.25) is 4.79 Å². The lowest BCUT2D eigenvalue weighted by atomic mass is 9.74. The number of hydrogen-bond donors (Lipinski definition) is 2. The van der Waals surface area contributed by atoms with Crippen molar-refractivity contribution in [1.29, 1.82) is 0 Å². The van der Waals surface area contributed by atoms with Gasteiger partial charge >= 0.3 is 0 Å². The zero-order valence-electron chi connectivity index (χ0n) is 12.6. The molecule has 0 radical (unpaired) electrons. The van der Waals surface area contributed by atoms with Crippen LogP contribution in [0.1, 0.15) is 24.1 Å². The van der Waals surface area contributed by atoms with Crippen LogP contribution in [0.4, 0.5) is 0 Å². The molecule has 0 saturated carbocycles. The summed E-state index contributed by atoms with van der Waals surface area (Å²) in [5.74, 6) is 0.406. The van der Waals surface area contributed by atoms with Crippen LogP contribution in [0.25, 0.3) is 0 Å². The fourth-order valence-electron chi connectivity index (χ4n) is 3.61. The van der Waals surface area contributed by atoms with Crippen molar-refractivity contribution in [3.8, 4) is 5.75 Å². The van der Waals surface area contributed by atoms with Gasteiger partial charge in [0.15, 0.2) is 5.11 Å². The lowest BCUT2D eigenvalue weighted by Gasteiger charge is -2.52. The summed E-state index contributed by atoms with van der Waals surface area (Å²) in [6.07, 6.45) is 0.